The fraction of sp³-hybridized carbons (Fsp3) is 0.167. The van der Waals surface area contributed by atoms with Crippen LogP contribution in [0.5, 0.6) is 0 Å². The van der Waals surface area contributed by atoms with Crippen molar-refractivity contribution in [3.63, 3.8) is 0 Å². The van der Waals surface area contributed by atoms with Gasteiger partial charge >= 0.3 is 0 Å². The van der Waals surface area contributed by atoms with Gasteiger partial charge in [-0.3, -0.25) is 0 Å². The molecule has 1 heterocycles. The highest BCUT2D eigenvalue weighted by atomic mass is 79.9. The van der Waals surface area contributed by atoms with Crippen molar-refractivity contribution in [1.29, 1.82) is 0 Å². The van der Waals surface area contributed by atoms with Gasteiger partial charge in [-0.1, -0.05) is 12.2 Å². The van der Waals surface area contributed by atoms with Crippen molar-refractivity contribution in [2.75, 3.05) is 0 Å². The van der Waals surface area contributed by atoms with Crippen molar-refractivity contribution in [3.8, 4) is 0 Å². The molecule has 0 radical (unpaired) electrons. The van der Waals surface area contributed by atoms with Gasteiger partial charge in [0, 0.05) is 9.35 Å². The van der Waals surface area contributed by atoms with Crippen LogP contribution in [0.25, 0.3) is 0 Å². The molecule has 0 unspecified atom stereocenters. The number of aryl methyl sites for hydroxylation is 1. The van der Waals surface area contributed by atoms with Crippen LogP contribution in [0.2, 0.25) is 0 Å². The summed E-state index contributed by atoms with van der Waals surface area (Å²) in [5, 5.41) is 0. The van der Waals surface area contributed by atoms with Gasteiger partial charge in [0.25, 0.3) is 0 Å². The smallest absolute Gasteiger partial charge is 0.115 e. The Morgan fingerprint density at radius 2 is 2.40 bits per heavy atom. The maximum Gasteiger partial charge on any atom is 0.115 e. The Hall–Kier alpha value is 0.0700. The molecule has 0 saturated carbocycles. The third-order valence-corrected chi connectivity index (χ3v) is 3.34. The molecule has 1 aromatic rings. The van der Waals surface area contributed by atoms with Crippen LogP contribution >= 0.6 is 39.5 Å². The number of hydrogen-bond donors (Lipinski definition) is 1. The van der Waals surface area contributed by atoms with Crippen LogP contribution < -0.4 is 5.73 Å². The second kappa shape index (κ2) is 2.98. The Morgan fingerprint density at radius 3 is 2.60 bits per heavy atom. The van der Waals surface area contributed by atoms with E-state index in [0.29, 0.717) is 4.99 Å². The van der Waals surface area contributed by atoms with E-state index < -0.39 is 0 Å². The lowest BCUT2D eigenvalue weighted by Gasteiger charge is -1.89. The molecular weight excluding hydrogens is 230 g/mol. The largest absolute Gasteiger partial charge is 0.389 e. The van der Waals surface area contributed by atoms with Crippen molar-refractivity contribution in [1.82, 2.24) is 0 Å². The molecule has 0 aromatic carbocycles. The summed E-state index contributed by atoms with van der Waals surface area (Å²) in [6.45, 7) is 2.02. The Labute approximate surface area is 77.4 Å². The highest BCUT2D eigenvalue weighted by molar-refractivity contribution is 9.10. The van der Waals surface area contributed by atoms with Gasteiger partial charge in [-0.05, 0) is 28.9 Å². The van der Waals surface area contributed by atoms with Gasteiger partial charge in [0.15, 0.2) is 0 Å². The van der Waals surface area contributed by atoms with Gasteiger partial charge in [0.05, 0.1) is 4.88 Å². The van der Waals surface area contributed by atoms with Crippen LogP contribution in [0.15, 0.2) is 10.5 Å². The quantitative estimate of drug-likeness (QED) is 0.758. The zero-order valence-corrected chi connectivity index (χ0v) is 8.57. The minimum atomic E-state index is 0.463. The van der Waals surface area contributed by atoms with E-state index in [2.05, 4.69) is 15.9 Å². The van der Waals surface area contributed by atoms with Crippen molar-refractivity contribution in [3.05, 3.63) is 20.3 Å². The topological polar surface area (TPSA) is 26.0 Å². The molecule has 0 atom stereocenters. The van der Waals surface area contributed by atoms with Gasteiger partial charge < -0.3 is 5.73 Å². The van der Waals surface area contributed by atoms with Crippen molar-refractivity contribution < 1.29 is 0 Å². The molecule has 2 N–H and O–H groups in total. The lowest BCUT2D eigenvalue weighted by atomic mass is 10.4. The van der Waals surface area contributed by atoms with E-state index in [1.165, 1.54) is 4.88 Å². The summed E-state index contributed by atoms with van der Waals surface area (Å²) in [7, 11) is 0. The summed E-state index contributed by atoms with van der Waals surface area (Å²) < 4.78 is 1.00. The molecule has 1 aromatic heterocycles. The summed E-state index contributed by atoms with van der Waals surface area (Å²) >= 11 is 9.79. The van der Waals surface area contributed by atoms with Gasteiger partial charge in [0.1, 0.15) is 4.99 Å². The Balaban J connectivity index is 3.15. The molecule has 0 fully saturated rings. The second-order valence-electron chi connectivity index (χ2n) is 1.90. The Kier molecular flexibility index (Phi) is 2.44. The maximum absolute atomic E-state index is 5.44. The molecule has 0 aliphatic rings. The Bertz CT molecular complexity index is 267. The third-order valence-electron chi connectivity index (χ3n) is 1.03. The standard InChI is InChI=1S/C6H6BrNS2/c1-3-2-4(7)5(10-3)6(8)9/h2H,1H3,(H2,8,9). The predicted octanol–water partition coefficient (Wildman–Crippen LogP) is 2.45. The fourth-order valence-electron chi connectivity index (χ4n) is 0.651. The molecule has 0 bridgehead atoms. The molecule has 1 rings (SSSR count). The molecule has 1 nitrogen and oxygen atoms in total. The predicted molar refractivity (Wildman–Crippen MR) is 52.6 cm³/mol. The van der Waals surface area contributed by atoms with Gasteiger partial charge in [0.2, 0.25) is 0 Å². The summed E-state index contributed by atoms with van der Waals surface area (Å²) in [5.74, 6) is 0. The van der Waals surface area contributed by atoms with E-state index in [4.69, 9.17) is 18.0 Å². The molecule has 0 saturated heterocycles. The monoisotopic (exact) mass is 235 g/mol. The van der Waals surface area contributed by atoms with Crippen molar-refractivity contribution in [2.45, 2.75) is 6.92 Å². The summed E-state index contributed by atoms with van der Waals surface area (Å²) in [6, 6.07) is 2.01. The molecule has 54 valence electrons. The Morgan fingerprint density at radius 1 is 1.80 bits per heavy atom. The normalized spacial score (nSPS) is 9.80. The fourth-order valence-corrected chi connectivity index (χ4v) is 2.72. The van der Waals surface area contributed by atoms with Crippen LogP contribution in [-0.4, -0.2) is 4.99 Å². The van der Waals surface area contributed by atoms with Gasteiger partial charge in [-0.25, -0.2) is 0 Å². The first-order valence-electron chi connectivity index (χ1n) is 2.67. The molecular formula is C6H6BrNS2. The van der Waals surface area contributed by atoms with Crippen LogP contribution in [-0.2, 0) is 0 Å². The van der Waals surface area contributed by atoms with Crippen molar-refractivity contribution in [2.24, 2.45) is 5.73 Å². The number of nitrogens with two attached hydrogens (primary N) is 1. The number of thiocarbonyl (C=S) groups is 1. The first-order valence-corrected chi connectivity index (χ1v) is 4.69. The third kappa shape index (κ3) is 1.56. The molecule has 0 amide bonds. The van der Waals surface area contributed by atoms with E-state index in [9.17, 15) is 0 Å². The highest BCUT2D eigenvalue weighted by Crippen LogP contribution is 2.26. The summed E-state index contributed by atoms with van der Waals surface area (Å²) in [4.78, 5) is 2.65. The van der Waals surface area contributed by atoms with Crippen molar-refractivity contribution >= 4 is 44.5 Å². The second-order valence-corrected chi connectivity index (χ2v) is 4.45. The molecule has 10 heavy (non-hydrogen) atoms. The molecule has 0 aliphatic carbocycles. The average molecular weight is 236 g/mol. The zero-order chi connectivity index (χ0) is 7.72. The van der Waals surface area contributed by atoms with Crippen LogP contribution in [0, 0.1) is 6.92 Å². The van der Waals surface area contributed by atoms with Gasteiger partial charge in [-0.2, -0.15) is 0 Å². The van der Waals surface area contributed by atoms with Crippen LogP contribution in [0.4, 0.5) is 0 Å². The molecule has 0 aliphatic heterocycles. The van der Waals surface area contributed by atoms with Crippen LogP contribution in [0.3, 0.4) is 0 Å². The maximum atomic E-state index is 5.44. The first kappa shape index (κ1) is 8.17. The first-order chi connectivity index (χ1) is 4.61. The SMILES string of the molecule is Cc1cc(Br)c(C(N)=S)s1. The molecule has 4 heteroatoms. The van der Waals surface area contributed by atoms with Gasteiger partial charge in [-0.15, -0.1) is 11.3 Å². The highest BCUT2D eigenvalue weighted by Gasteiger charge is 2.05. The average Bonchev–Trinajstić information content (AvgIpc) is 2.10. The molecule has 0 spiro atoms. The number of halogens is 1. The lowest BCUT2D eigenvalue weighted by Crippen LogP contribution is -2.07. The number of hydrogen-bond acceptors (Lipinski definition) is 2. The van der Waals surface area contributed by atoms with E-state index in [1.807, 2.05) is 13.0 Å². The van der Waals surface area contributed by atoms with E-state index in [1.54, 1.807) is 11.3 Å². The summed E-state index contributed by atoms with van der Waals surface area (Å²) in [5.41, 5.74) is 5.44. The number of thiophene rings is 1. The number of rotatable bonds is 1. The minimum Gasteiger partial charge on any atom is -0.389 e. The summed E-state index contributed by atoms with van der Waals surface area (Å²) in [6.07, 6.45) is 0. The lowest BCUT2D eigenvalue weighted by molar-refractivity contribution is 1.62. The minimum absolute atomic E-state index is 0.463. The van der Waals surface area contributed by atoms with Crippen LogP contribution in [0.1, 0.15) is 9.75 Å². The van der Waals surface area contributed by atoms with E-state index in [-0.39, 0.29) is 0 Å². The zero-order valence-electron chi connectivity index (χ0n) is 5.35. The van der Waals surface area contributed by atoms with E-state index in [0.717, 1.165) is 9.35 Å². The van der Waals surface area contributed by atoms with E-state index >= 15 is 0 Å².